The Balaban J connectivity index is 0.998. The van der Waals surface area contributed by atoms with E-state index in [0.29, 0.717) is 0 Å². The number of hydrogen-bond acceptors (Lipinski definition) is 2. The van der Waals surface area contributed by atoms with Gasteiger partial charge in [-0.05, 0) is 137 Å². The van der Waals surface area contributed by atoms with Crippen molar-refractivity contribution in [1.82, 2.24) is 0 Å². The molecule has 3 heterocycles. The molecular weight excluding hydrogens is 791 g/mol. The summed E-state index contributed by atoms with van der Waals surface area (Å²) in [5.41, 5.74) is 13.2. The molecule has 3 heteroatoms. The molecule has 11 aromatic carbocycles. The summed E-state index contributed by atoms with van der Waals surface area (Å²) in [6.45, 7) is 2.28. The van der Waals surface area contributed by atoms with Crippen LogP contribution in [0.15, 0.2) is 209 Å². The van der Waals surface area contributed by atoms with Crippen LogP contribution in [-0.2, 0) is 0 Å². The Hall–Kier alpha value is -8.14. The molecule has 0 fully saturated rings. The lowest BCUT2D eigenvalue weighted by Gasteiger charge is -2.32. The molecule has 1 aliphatic rings. The third kappa shape index (κ3) is 5.42. The van der Waals surface area contributed by atoms with E-state index in [1.165, 1.54) is 92.5 Å². The van der Waals surface area contributed by atoms with Gasteiger partial charge in [0.1, 0.15) is 22.5 Å². The smallest absolute Gasteiger partial charge is 0.136 e. The minimum Gasteiger partial charge on any atom is -0.674 e. The first kappa shape index (κ1) is 36.4. The standard InChI is InChI=1S/C62H40NO2/c1-2-36-35-54(38-15-7-4-8-16-38)63-61-53-33-39(37-13-5-3-6-14-37)26-30-55(53)65-62(61)58(36)42-25-29-46-44-18-10-9-17-43(44)45-27-23-41(32-51(45)52(46)34-42)40-24-28-47-48-19-11-21-56-59(48)60-49(50(47)31-40)20-12-22-57(60)64-56/h3-34,54H,2,35H2,1H3/q-1. The van der Waals surface area contributed by atoms with Crippen molar-refractivity contribution in [3.05, 3.63) is 222 Å². The van der Waals surface area contributed by atoms with Gasteiger partial charge in [-0.1, -0.05) is 181 Å². The highest BCUT2D eigenvalue weighted by Crippen LogP contribution is 2.53. The average molecular weight is 831 g/mol. The fourth-order valence-corrected chi connectivity index (χ4v) is 11.2. The van der Waals surface area contributed by atoms with Crippen LogP contribution in [-0.4, -0.2) is 0 Å². The number of hydrogen-bond donors (Lipinski definition) is 0. The highest BCUT2D eigenvalue weighted by molar-refractivity contribution is 6.33. The predicted molar refractivity (Wildman–Crippen MR) is 273 cm³/mol. The quantitative estimate of drug-likeness (QED) is 0.162. The van der Waals surface area contributed by atoms with E-state index in [1.807, 2.05) is 0 Å². The molecule has 0 aliphatic carbocycles. The number of rotatable bonds is 5. The van der Waals surface area contributed by atoms with E-state index in [2.05, 4.69) is 201 Å². The Bertz CT molecular complexity index is 4100. The van der Waals surface area contributed by atoms with E-state index < -0.39 is 0 Å². The van der Waals surface area contributed by atoms with E-state index in [4.69, 9.17) is 14.2 Å². The summed E-state index contributed by atoms with van der Waals surface area (Å²) < 4.78 is 13.4. The molecule has 0 radical (unpaired) electrons. The van der Waals surface area contributed by atoms with Gasteiger partial charge in [0.25, 0.3) is 0 Å². The molecular formula is C62H40NO2-. The molecule has 1 unspecified atom stereocenters. The van der Waals surface area contributed by atoms with Crippen molar-refractivity contribution < 1.29 is 8.83 Å². The Morgan fingerprint density at radius 3 is 1.55 bits per heavy atom. The van der Waals surface area contributed by atoms with Gasteiger partial charge in [-0.15, -0.1) is 0 Å². The zero-order valence-electron chi connectivity index (χ0n) is 35.7. The molecule has 14 rings (SSSR count). The highest BCUT2D eigenvalue weighted by atomic mass is 16.3. The third-order valence-corrected chi connectivity index (χ3v) is 14.3. The van der Waals surface area contributed by atoms with Crippen molar-refractivity contribution in [2.75, 3.05) is 0 Å². The van der Waals surface area contributed by atoms with Gasteiger partial charge in [0, 0.05) is 21.7 Å². The van der Waals surface area contributed by atoms with Crippen molar-refractivity contribution >= 4 is 98.0 Å². The first-order valence-corrected chi connectivity index (χ1v) is 22.7. The Morgan fingerprint density at radius 2 is 0.892 bits per heavy atom. The van der Waals surface area contributed by atoms with Crippen LogP contribution in [0.4, 0.5) is 5.69 Å². The molecule has 0 amide bonds. The Kier molecular flexibility index (Phi) is 7.79. The van der Waals surface area contributed by atoms with Gasteiger partial charge >= 0.3 is 0 Å². The summed E-state index contributed by atoms with van der Waals surface area (Å²) in [6.07, 6.45) is 1.68. The molecule has 65 heavy (non-hydrogen) atoms. The molecule has 0 saturated heterocycles. The second-order valence-corrected chi connectivity index (χ2v) is 17.7. The summed E-state index contributed by atoms with van der Waals surface area (Å²) >= 11 is 0. The van der Waals surface area contributed by atoms with Gasteiger partial charge in [0.05, 0.1) is 0 Å². The van der Waals surface area contributed by atoms with Crippen molar-refractivity contribution in [2.45, 2.75) is 25.8 Å². The number of nitrogens with zero attached hydrogens (tertiary/aromatic N) is 1. The maximum absolute atomic E-state index is 7.04. The second-order valence-electron chi connectivity index (χ2n) is 17.7. The van der Waals surface area contributed by atoms with Gasteiger partial charge in [-0.25, -0.2) is 0 Å². The monoisotopic (exact) mass is 830 g/mol. The van der Waals surface area contributed by atoms with Crippen molar-refractivity contribution in [1.29, 1.82) is 0 Å². The zero-order chi connectivity index (χ0) is 42.8. The summed E-state index contributed by atoms with van der Waals surface area (Å²) in [4.78, 5) is 0. The zero-order valence-corrected chi connectivity index (χ0v) is 35.7. The van der Waals surface area contributed by atoms with E-state index in [1.54, 1.807) is 0 Å². The van der Waals surface area contributed by atoms with E-state index in [-0.39, 0.29) is 6.04 Å². The first-order chi connectivity index (χ1) is 32.2. The van der Waals surface area contributed by atoms with Gasteiger partial charge in [-0.3, -0.25) is 0 Å². The molecule has 1 atom stereocenters. The largest absolute Gasteiger partial charge is 0.674 e. The fourth-order valence-electron chi connectivity index (χ4n) is 11.2. The molecule has 13 aromatic rings. The van der Waals surface area contributed by atoms with Gasteiger partial charge in [-0.2, -0.15) is 0 Å². The fraction of sp³-hybridized carbons (Fsp3) is 0.0645. The molecule has 1 aliphatic heterocycles. The molecule has 0 saturated carbocycles. The average Bonchev–Trinajstić information content (AvgIpc) is 3.88. The molecule has 2 aromatic heterocycles. The van der Waals surface area contributed by atoms with Gasteiger partial charge in [0.2, 0.25) is 0 Å². The lowest BCUT2D eigenvalue weighted by molar-refractivity contribution is 0.601. The minimum absolute atomic E-state index is 0.0482. The van der Waals surface area contributed by atoms with Gasteiger partial charge < -0.3 is 14.2 Å². The maximum Gasteiger partial charge on any atom is 0.136 e. The van der Waals surface area contributed by atoms with E-state index >= 15 is 0 Å². The lowest BCUT2D eigenvalue weighted by atomic mass is 9.87. The number of fused-ring (bicyclic) bond motifs is 12. The summed E-state index contributed by atoms with van der Waals surface area (Å²) in [5.74, 6) is 0.853. The summed E-state index contributed by atoms with van der Waals surface area (Å²) in [5, 5.41) is 21.5. The Morgan fingerprint density at radius 1 is 0.400 bits per heavy atom. The van der Waals surface area contributed by atoms with Crippen molar-refractivity contribution in [3.8, 4) is 22.3 Å². The van der Waals surface area contributed by atoms with Crippen LogP contribution in [0.25, 0.3) is 120 Å². The topological polar surface area (TPSA) is 40.4 Å². The third-order valence-electron chi connectivity index (χ3n) is 14.3. The summed E-state index contributed by atoms with van der Waals surface area (Å²) in [6, 6.07) is 70.8. The normalized spacial score (nSPS) is 14.4. The molecule has 0 N–H and O–H groups in total. The van der Waals surface area contributed by atoms with Gasteiger partial charge in [0.15, 0.2) is 0 Å². The maximum atomic E-state index is 7.04. The molecule has 0 spiro atoms. The lowest BCUT2D eigenvalue weighted by Crippen LogP contribution is -1.99. The highest BCUT2D eigenvalue weighted by Gasteiger charge is 2.25. The van der Waals surface area contributed by atoms with Crippen LogP contribution >= 0.6 is 0 Å². The van der Waals surface area contributed by atoms with Crippen LogP contribution in [0, 0.1) is 0 Å². The van der Waals surface area contributed by atoms with Crippen LogP contribution < -0.4 is 0 Å². The van der Waals surface area contributed by atoms with Crippen LogP contribution in [0.2, 0.25) is 0 Å². The Labute approximate surface area is 375 Å². The van der Waals surface area contributed by atoms with Crippen molar-refractivity contribution in [3.63, 3.8) is 0 Å². The van der Waals surface area contributed by atoms with Crippen molar-refractivity contribution in [2.24, 2.45) is 0 Å². The van der Waals surface area contributed by atoms with Crippen LogP contribution in [0.5, 0.6) is 0 Å². The number of benzene rings is 11. The number of furan rings is 2. The van der Waals surface area contributed by atoms with Crippen LogP contribution in [0.1, 0.15) is 42.7 Å². The molecule has 3 nitrogen and oxygen atoms in total. The first-order valence-electron chi connectivity index (χ1n) is 22.7. The summed E-state index contributed by atoms with van der Waals surface area (Å²) in [7, 11) is 0. The van der Waals surface area contributed by atoms with E-state index in [9.17, 15) is 0 Å². The minimum atomic E-state index is -0.0482. The van der Waals surface area contributed by atoms with Crippen LogP contribution in [0.3, 0.4) is 0 Å². The molecule has 0 bridgehead atoms. The molecule has 306 valence electrons. The SMILES string of the molecule is CCC1=C(c2ccc3c4ccccc4c4ccc(-c5ccc6c(c5)c5cccc7oc8cccc6c8c75)cc4c3c2)c2oc3ccc(-c4ccccc4)cc3c2[N-]C(c2ccccc2)C1. The van der Waals surface area contributed by atoms with E-state index in [0.717, 1.165) is 63.1 Å². The predicted octanol–water partition coefficient (Wildman–Crippen LogP) is 18.2. The second kappa shape index (κ2) is 13.9.